The number of benzene rings is 2. The van der Waals surface area contributed by atoms with E-state index < -0.39 is 0 Å². The number of hydrogen-bond acceptors (Lipinski definition) is 1. The van der Waals surface area contributed by atoms with E-state index in [4.69, 9.17) is 0 Å². The molecule has 0 radical (unpaired) electrons. The van der Waals surface area contributed by atoms with Crippen LogP contribution in [-0.2, 0) is 13.0 Å². The van der Waals surface area contributed by atoms with Crippen LogP contribution in [0, 0.1) is 13.8 Å². The first-order chi connectivity index (χ1) is 9.67. The fraction of sp³-hybridized carbons (Fsp3) is 0.278. The van der Waals surface area contributed by atoms with Gasteiger partial charge in [0.25, 0.3) is 0 Å². The van der Waals surface area contributed by atoms with Gasteiger partial charge in [0.05, 0.1) is 17.4 Å². The van der Waals surface area contributed by atoms with E-state index >= 15 is 0 Å². The number of hydrogen-bond donors (Lipinski definition) is 0. The summed E-state index contributed by atoms with van der Waals surface area (Å²) in [5.74, 6) is 0. The van der Waals surface area contributed by atoms with Gasteiger partial charge in [-0.05, 0) is 54.7 Å². The van der Waals surface area contributed by atoms with Crippen molar-refractivity contribution < 1.29 is 0 Å². The number of fused-ring (bicyclic) bond motifs is 1. The van der Waals surface area contributed by atoms with Gasteiger partial charge in [-0.1, -0.05) is 31.2 Å². The first kappa shape index (κ1) is 12.9. The second kappa shape index (κ2) is 5.12. The van der Waals surface area contributed by atoms with Crippen LogP contribution in [-0.4, -0.2) is 9.55 Å². The Morgan fingerprint density at radius 3 is 2.30 bits per heavy atom. The van der Waals surface area contributed by atoms with Crippen molar-refractivity contribution in [1.82, 2.24) is 9.55 Å². The predicted molar refractivity (Wildman–Crippen MR) is 84.1 cm³/mol. The fourth-order valence-corrected chi connectivity index (χ4v) is 2.52. The van der Waals surface area contributed by atoms with E-state index in [-0.39, 0.29) is 0 Å². The monoisotopic (exact) mass is 264 g/mol. The zero-order chi connectivity index (χ0) is 14.1. The highest BCUT2D eigenvalue weighted by Crippen LogP contribution is 2.19. The topological polar surface area (TPSA) is 17.8 Å². The lowest BCUT2D eigenvalue weighted by Crippen LogP contribution is -1.98. The molecule has 2 aromatic carbocycles. The Morgan fingerprint density at radius 1 is 0.950 bits per heavy atom. The Morgan fingerprint density at radius 2 is 1.60 bits per heavy atom. The summed E-state index contributed by atoms with van der Waals surface area (Å²) in [5.41, 5.74) is 7.62. The highest BCUT2D eigenvalue weighted by atomic mass is 15.0. The van der Waals surface area contributed by atoms with Gasteiger partial charge < -0.3 is 4.57 Å². The zero-order valence-corrected chi connectivity index (χ0v) is 12.4. The van der Waals surface area contributed by atoms with E-state index in [9.17, 15) is 0 Å². The van der Waals surface area contributed by atoms with Gasteiger partial charge in [0.15, 0.2) is 0 Å². The third-order valence-electron chi connectivity index (χ3n) is 4.02. The van der Waals surface area contributed by atoms with Crippen molar-refractivity contribution in [3.05, 3.63) is 65.0 Å². The average molecular weight is 264 g/mol. The number of imidazole rings is 1. The minimum absolute atomic E-state index is 0.878. The van der Waals surface area contributed by atoms with Gasteiger partial charge in [0, 0.05) is 6.54 Å². The fourth-order valence-electron chi connectivity index (χ4n) is 2.52. The summed E-state index contributed by atoms with van der Waals surface area (Å²) in [6.07, 6.45) is 3.03. The first-order valence-electron chi connectivity index (χ1n) is 7.17. The minimum Gasteiger partial charge on any atom is -0.326 e. The molecule has 1 aromatic heterocycles. The average Bonchev–Trinajstić information content (AvgIpc) is 2.83. The minimum atomic E-state index is 0.878. The molecule has 0 aliphatic rings. The number of rotatable bonds is 3. The van der Waals surface area contributed by atoms with Crippen LogP contribution in [0.15, 0.2) is 42.7 Å². The largest absolute Gasteiger partial charge is 0.326 e. The van der Waals surface area contributed by atoms with E-state index in [1.807, 2.05) is 6.33 Å². The molecule has 0 aliphatic carbocycles. The molecule has 0 aliphatic heterocycles. The molecule has 102 valence electrons. The molecule has 0 spiro atoms. The van der Waals surface area contributed by atoms with Gasteiger partial charge in [0.1, 0.15) is 0 Å². The molecular formula is C18H20N2. The molecule has 0 saturated carbocycles. The Kier molecular flexibility index (Phi) is 3.31. The van der Waals surface area contributed by atoms with Crippen molar-refractivity contribution >= 4 is 11.0 Å². The van der Waals surface area contributed by atoms with Crippen LogP contribution in [0.3, 0.4) is 0 Å². The summed E-state index contributed by atoms with van der Waals surface area (Å²) in [4.78, 5) is 4.51. The van der Waals surface area contributed by atoms with E-state index in [2.05, 4.69) is 66.7 Å². The molecule has 0 atom stereocenters. The van der Waals surface area contributed by atoms with Gasteiger partial charge in [-0.15, -0.1) is 0 Å². The normalized spacial score (nSPS) is 11.2. The van der Waals surface area contributed by atoms with E-state index in [1.54, 1.807) is 0 Å². The summed E-state index contributed by atoms with van der Waals surface area (Å²) in [5, 5.41) is 0. The lowest BCUT2D eigenvalue weighted by molar-refractivity contribution is 0.823. The lowest BCUT2D eigenvalue weighted by atomic mass is 10.1. The molecular weight excluding hydrogens is 244 g/mol. The second-order valence-corrected chi connectivity index (χ2v) is 5.47. The molecule has 0 amide bonds. The molecule has 0 N–H and O–H groups in total. The molecule has 2 nitrogen and oxygen atoms in total. The van der Waals surface area contributed by atoms with E-state index in [1.165, 1.54) is 27.8 Å². The number of aromatic nitrogens is 2. The van der Waals surface area contributed by atoms with Crippen molar-refractivity contribution in [3.63, 3.8) is 0 Å². The van der Waals surface area contributed by atoms with Crippen molar-refractivity contribution in [1.29, 1.82) is 0 Å². The van der Waals surface area contributed by atoms with Crippen molar-refractivity contribution in [3.8, 4) is 0 Å². The maximum atomic E-state index is 4.51. The van der Waals surface area contributed by atoms with Crippen molar-refractivity contribution in [2.24, 2.45) is 0 Å². The molecule has 2 heteroatoms. The molecule has 0 bridgehead atoms. The standard InChI is InChI=1S/C18H20N2/c1-4-15-5-7-16(8-6-15)11-20-12-19-17-9-13(2)14(3)10-18(17)20/h5-10,12H,4,11H2,1-3H3. The van der Waals surface area contributed by atoms with Gasteiger partial charge in [0.2, 0.25) is 0 Å². The van der Waals surface area contributed by atoms with Crippen molar-refractivity contribution in [2.75, 3.05) is 0 Å². The SMILES string of the molecule is CCc1ccc(Cn2cnc3cc(C)c(C)cc32)cc1. The second-order valence-electron chi connectivity index (χ2n) is 5.47. The molecule has 0 unspecified atom stereocenters. The Labute approximate surface area is 120 Å². The number of nitrogens with zero attached hydrogens (tertiary/aromatic N) is 2. The van der Waals surface area contributed by atoms with Gasteiger partial charge >= 0.3 is 0 Å². The third-order valence-corrected chi connectivity index (χ3v) is 4.02. The summed E-state index contributed by atoms with van der Waals surface area (Å²) < 4.78 is 2.22. The van der Waals surface area contributed by atoms with Crippen LogP contribution in [0.4, 0.5) is 0 Å². The maximum absolute atomic E-state index is 4.51. The van der Waals surface area contributed by atoms with Gasteiger partial charge in [-0.25, -0.2) is 4.98 Å². The van der Waals surface area contributed by atoms with Crippen LogP contribution in [0.5, 0.6) is 0 Å². The predicted octanol–water partition coefficient (Wildman–Crippen LogP) is 4.26. The summed E-state index contributed by atoms with van der Waals surface area (Å²) in [6, 6.07) is 13.3. The van der Waals surface area contributed by atoms with Crippen LogP contribution in [0.2, 0.25) is 0 Å². The van der Waals surface area contributed by atoms with Crippen LogP contribution >= 0.6 is 0 Å². The van der Waals surface area contributed by atoms with Crippen LogP contribution in [0.25, 0.3) is 11.0 Å². The third kappa shape index (κ3) is 2.34. The van der Waals surface area contributed by atoms with Crippen LogP contribution < -0.4 is 0 Å². The van der Waals surface area contributed by atoms with Gasteiger partial charge in [-0.2, -0.15) is 0 Å². The Balaban J connectivity index is 1.95. The quantitative estimate of drug-likeness (QED) is 0.691. The molecule has 3 rings (SSSR count). The Hall–Kier alpha value is -2.09. The van der Waals surface area contributed by atoms with Gasteiger partial charge in [-0.3, -0.25) is 0 Å². The summed E-state index contributed by atoms with van der Waals surface area (Å²) in [6.45, 7) is 7.35. The van der Waals surface area contributed by atoms with Crippen LogP contribution in [0.1, 0.15) is 29.2 Å². The maximum Gasteiger partial charge on any atom is 0.0961 e. The van der Waals surface area contributed by atoms with Crippen molar-refractivity contribution in [2.45, 2.75) is 33.7 Å². The molecule has 20 heavy (non-hydrogen) atoms. The Bertz CT molecular complexity index is 736. The number of aryl methyl sites for hydroxylation is 3. The lowest BCUT2D eigenvalue weighted by Gasteiger charge is -2.07. The smallest absolute Gasteiger partial charge is 0.0961 e. The zero-order valence-electron chi connectivity index (χ0n) is 12.4. The highest BCUT2D eigenvalue weighted by molar-refractivity contribution is 5.77. The van der Waals surface area contributed by atoms with E-state index in [0.717, 1.165) is 18.5 Å². The van der Waals surface area contributed by atoms with E-state index in [0.29, 0.717) is 0 Å². The first-order valence-corrected chi connectivity index (χ1v) is 7.17. The summed E-state index contributed by atoms with van der Waals surface area (Å²) >= 11 is 0. The highest BCUT2D eigenvalue weighted by Gasteiger charge is 2.05. The molecule has 0 fully saturated rings. The molecule has 3 aromatic rings. The molecule has 1 heterocycles. The summed E-state index contributed by atoms with van der Waals surface area (Å²) in [7, 11) is 0. The molecule has 0 saturated heterocycles.